The van der Waals surface area contributed by atoms with Gasteiger partial charge in [-0.1, -0.05) is 6.07 Å². The minimum absolute atomic E-state index is 0.0526. The number of urea groups is 1. The predicted octanol–water partition coefficient (Wildman–Crippen LogP) is 3.66. The van der Waals surface area contributed by atoms with Crippen molar-refractivity contribution in [2.45, 2.75) is 38.6 Å². The molecule has 0 bridgehead atoms. The molecule has 1 aromatic carbocycles. The largest absolute Gasteiger partial charge is 0.481 e. The number of rotatable bonds is 3. The highest BCUT2D eigenvalue weighted by molar-refractivity contribution is 9.10. The first-order chi connectivity index (χ1) is 10.4. The van der Waals surface area contributed by atoms with E-state index >= 15 is 0 Å². The minimum atomic E-state index is -0.776. The van der Waals surface area contributed by atoms with E-state index in [4.69, 9.17) is 5.11 Å². The van der Waals surface area contributed by atoms with E-state index in [0.717, 1.165) is 5.56 Å². The van der Waals surface area contributed by atoms with Gasteiger partial charge in [0.2, 0.25) is 0 Å². The maximum atomic E-state index is 13.5. The fourth-order valence-electron chi connectivity index (χ4n) is 2.62. The van der Waals surface area contributed by atoms with E-state index < -0.39 is 17.8 Å². The molecule has 1 aliphatic rings. The highest BCUT2D eigenvalue weighted by atomic mass is 79.9. The summed E-state index contributed by atoms with van der Waals surface area (Å²) in [5.74, 6) is -1.54. The number of carbonyl (C=O) groups is 2. The van der Waals surface area contributed by atoms with E-state index in [1.807, 2.05) is 0 Å². The van der Waals surface area contributed by atoms with Crippen molar-refractivity contribution in [3.63, 3.8) is 0 Å². The van der Waals surface area contributed by atoms with Gasteiger partial charge in [-0.25, -0.2) is 9.18 Å². The molecule has 0 saturated heterocycles. The molecule has 22 heavy (non-hydrogen) atoms. The minimum Gasteiger partial charge on any atom is -0.481 e. The van der Waals surface area contributed by atoms with Gasteiger partial charge in [0, 0.05) is 6.04 Å². The van der Waals surface area contributed by atoms with Crippen LogP contribution in [0.3, 0.4) is 0 Å². The number of carbonyl (C=O) groups excluding carboxylic acids is 1. The molecule has 1 fully saturated rings. The molecule has 3 N–H and O–H groups in total. The maximum Gasteiger partial charge on any atom is 0.319 e. The quantitative estimate of drug-likeness (QED) is 0.757. The third-order valence-electron chi connectivity index (χ3n) is 3.95. The number of hydrogen-bond donors (Lipinski definition) is 3. The highest BCUT2D eigenvalue weighted by Gasteiger charge is 2.26. The fourth-order valence-corrected chi connectivity index (χ4v) is 3.16. The third kappa shape index (κ3) is 3.97. The Morgan fingerprint density at radius 2 is 1.91 bits per heavy atom. The smallest absolute Gasteiger partial charge is 0.319 e. The van der Waals surface area contributed by atoms with Crippen molar-refractivity contribution in [2.24, 2.45) is 5.92 Å². The van der Waals surface area contributed by atoms with Crippen molar-refractivity contribution in [3.05, 3.63) is 28.0 Å². The number of carboxylic acids is 1. The Morgan fingerprint density at radius 3 is 2.50 bits per heavy atom. The molecule has 1 saturated carbocycles. The SMILES string of the molecule is Cc1ccc(F)c(Br)c1NC(=O)NC1CCC(C(=O)O)CC1. The number of aliphatic carboxylic acids is 1. The van der Waals surface area contributed by atoms with E-state index in [1.165, 1.54) is 6.07 Å². The van der Waals surface area contributed by atoms with Crippen LogP contribution in [-0.2, 0) is 4.79 Å². The van der Waals surface area contributed by atoms with Crippen molar-refractivity contribution < 1.29 is 19.1 Å². The number of anilines is 1. The van der Waals surface area contributed by atoms with Crippen molar-refractivity contribution in [3.8, 4) is 0 Å². The number of amides is 2. The van der Waals surface area contributed by atoms with E-state index in [9.17, 15) is 14.0 Å². The summed E-state index contributed by atoms with van der Waals surface area (Å²) in [7, 11) is 0. The van der Waals surface area contributed by atoms with Crippen molar-refractivity contribution >= 4 is 33.6 Å². The lowest BCUT2D eigenvalue weighted by atomic mass is 9.86. The molecule has 0 heterocycles. The molecule has 7 heteroatoms. The molecular formula is C15H18BrFN2O3. The third-order valence-corrected chi connectivity index (χ3v) is 4.73. The van der Waals surface area contributed by atoms with Crippen LogP contribution in [0.5, 0.6) is 0 Å². The van der Waals surface area contributed by atoms with Crippen LogP contribution in [0.4, 0.5) is 14.9 Å². The van der Waals surface area contributed by atoms with Crippen molar-refractivity contribution in [1.29, 1.82) is 0 Å². The van der Waals surface area contributed by atoms with Crippen LogP contribution in [0.2, 0.25) is 0 Å². The molecule has 0 spiro atoms. The number of hydrogen-bond acceptors (Lipinski definition) is 2. The van der Waals surface area contributed by atoms with Crippen LogP contribution in [-0.4, -0.2) is 23.1 Å². The molecule has 0 aromatic heterocycles. The van der Waals surface area contributed by atoms with Crippen LogP contribution in [0.15, 0.2) is 16.6 Å². The second-order valence-corrected chi connectivity index (χ2v) is 6.33. The van der Waals surface area contributed by atoms with Gasteiger partial charge in [-0.2, -0.15) is 0 Å². The molecule has 5 nitrogen and oxygen atoms in total. The van der Waals surface area contributed by atoms with E-state index in [1.54, 1.807) is 13.0 Å². The van der Waals surface area contributed by atoms with Gasteiger partial charge in [-0.05, 0) is 60.2 Å². The zero-order valence-corrected chi connectivity index (χ0v) is 13.7. The molecule has 0 aliphatic heterocycles. The van der Waals surface area contributed by atoms with Crippen LogP contribution in [0, 0.1) is 18.7 Å². The summed E-state index contributed by atoms with van der Waals surface area (Å²) in [6.07, 6.45) is 2.38. The zero-order valence-electron chi connectivity index (χ0n) is 12.2. The lowest BCUT2D eigenvalue weighted by Gasteiger charge is -2.27. The van der Waals surface area contributed by atoms with E-state index in [-0.39, 0.29) is 16.4 Å². The second-order valence-electron chi connectivity index (χ2n) is 5.54. The molecule has 2 rings (SSSR count). The number of nitrogens with one attached hydrogen (secondary N) is 2. The van der Waals surface area contributed by atoms with Gasteiger partial charge in [-0.3, -0.25) is 4.79 Å². The number of halogens is 2. The topological polar surface area (TPSA) is 78.4 Å². The Kier molecular flexibility index (Phi) is 5.39. The monoisotopic (exact) mass is 372 g/mol. The van der Waals surface area contributed by atoms with Gasteiger partial charge >= 0.3 is 12.0 Å². The summed E-state index contributed by atoms with van der Waals surface area (Å²) in [6.45, 7) is 1.78. The maximum absolute atomic E-state index is 13.5. The lowest BCUT2D eigenvalue weighted by molar-refractivity contribution is -0.142. The average molecular weight is 373 g/mol. The van der Waals surface area contributed by atoms with Crippen LogP contribution < -0.4 is 10.6 Å². The van der Waals surface area contributed by atoms with Gasteiger partial charge in [0.05, 0.1) is 16.1 Å². The Balaban J connectivity index is 1.92. The number of carboxylic acid groups (broad SMARTS) is 1. The van der Waals surface area contributed by atoms with Gasteiger partial charge in [0.25, 0.3) is 0 Å². The second kappa shape index (κ2) is 7.09. The van der Waals surface area contributed by atoms with Gasteiger partial charge in [0.15, 0.2) is 0 Å². The van der Waals surface area contributed by atoms with Crippen molar-refractivity contribution in [1.82, 2.24) is 5.32 Å². The zero-order chi connectivity index (χ0) is 16.3. The fraction of sp³-hybridized carbons (Fsp3) is 0.467. The van der Waals surface area contributed by atoms with Gasteiger partial charge in [-0.15, -0.1) is 0 Å². The summed E-state index contributed by atoms with van der Waals surface area (Å²) in [6, 6.07) is 2.46. The predicted molar refractivity (Wildman–Crippen MR) is 84.4 cm³/mol. The molecule has 120 valence electrons. The lowest BCUT2D eigenvalue weighted by Crippen LogP contribution is -2.41. The Labute approximate surface area is 136 Å². The number of benzene rings is 1. The molecule has 1 aromatic rings. The van der Waals surface area contributed by atoms with Crippen molar-refractivity contribution in [2.75, 3.05) is 5.32 Å². The van der Waals surface area contributed by atoms with E-state index in [2.05, 4.69) is 26.6 Å². The first-order valence-electron chi connectivity index (χ1n) is 7.13. The molecular weight excluding hydrogens is 355 g/mol. The Bertz CT molecular complexity index is 586. The summed E-state index contributed by atoms with van der Waals surface area (Å²) >= 11 is 3.13. The standard InChI is InChI=1S/C15H18BrFN2O3/c1-8-2-7-11(17)12(16)13(8)19-15(22)18-10-5-3-9(4-6-10)14(20)21/h2,7,9-10H,3-6H2,1H3,(H,20,21)(H2,18,19,22). The molecule has 0 atom stereocenters. The molecule has 0 radical (unpaired) electrons. The average Bonchev–Trinajstić information content (AvgIpc) is 2.48. The van der Waals surface area contributed by atoms with E-state index in [0.29, 0.717) is 31.4 Å². The van der Waals surface area contributed by atoms with Crippen LogP contribution >= 0.6 is 15.9 Å². The van der Waals surface area contributed by atoms with Gasteiger partial charge in [0.1, 0.15) is 5.82 Å². The Hall–Kier alpha value is -1.63. The van der Waals surface area contributed by atoms with Crippen LogP contribution in [0.1, 0.15) is 31.2 Å². The van der Waals surface area contributed by atoms with Gasteiger partial charge < -0.3 is 15.7 Å². The summed E-state index contributed by atoms with van der Waals surface area (Å²) in [5.41, 5.74) is 1.15. The summed E-state index contributed by atoms with van der Waals surface area (Å²) < 4.78 is 13.7. The molecule has 1 aliphatic carbocycles. The number of aryl methyl sites for hydroxylation is 1. The first-order valence-corrected chi connectivity index (χ1v) is 7.92. The highest BCUT2D eigenvalue weighted by Crippen LogP contribution is 2.29. The summed E-state index contributed by atoms with van der Waals surface area (Å²) in [5, 5.41) is 14.4. The summed E-state index contributed by atoms with van der Waals surface area (Å²) in [4.78, 5) is 22.9. The normalized spacial score (nSPS) is 21.2. The Morgan fingerprint density at radius 1 is 1.27 bits per heavy atom. The molecule has 0 unspecified atom stereocenters. The van der Waals surface area contributed by atoms with Crippen LogP contribution in [0.25, 0.3) is 0 Å². The first kappa shape index (κ1) is 16.7. The molecule has 2 amide bonds.